The van der Waals surface area contributed by atoms with Crippen LogP contribution >= 0.6 is 0 Å². The predicted octanol–water partition coefficient (Wildman–Crippen LogP) is 3.09. The third-order valence-corrected chi connectivity index (χ3v) is 5.61. The summed E-state index contributed by atoms with van der Waals surface area (Å²) in [5.41, 5.74) is 2.25. The second kappa shape index (κ2) is 6.40. The van der Waals surface area contributed by atoms with Crippen molar-refractivity contribution in [2.24, 2.45) is 5.92 Å². The monoisotopic (exact) mass is 325 g/mol. The van der Waals surface area contributed by atoms with Crippen molar-refractivity contribution in [1.29, 1.82) is 0 Å². The molecule has 0 amide bonds. The fraction of sp³-hybridized carbons (Fsp3) is 0.474. The Hall–Kier alpha value is -2.14. The molecule has 2 aromatic rings. The van der Waals surface area contributed by atoms with E-state index >= 15 is 0 Å². The predicted molar refractivity (Wildman–Crippen MR) is 90.9 cm³/mol. The third-order valence-electron chi connectivity index (χ3n) is 5.61. The Kier molecular flexibility index (Phi) is 4.10. The van der Waals surface area contributed by atoms with E-state index in [0.717, 1.165) is 25.1 Å². The van der Waals surface area contributed by atoms with E-state index in [1.807, 2.05) is 10.8 Å². The first-order chi connectivity index (χ1) is 11.7. The lowest BCUT2D eigenvalue weighted by Crippen LogP contribution is -2.41. The highest BCUT2D eigenvalue weighted by Crippen LogP contribution is 2.40. The number of carbonyl (C=O) groups is 1. The van der Waals surface area contributed by atoms with Crippen LogP contribution in [0.2, 0.25) is 0 Å². The molecular formula is C19H23N3O2. The summed E-state index contributed by atoms with van der Waals surface area (Å²) in [6.45, 7) is 0.725. The van der Waals surface area contributed by atoms with Crippen molar-refractivity contribution in [3.63, 3.8) is 0 Å². The molecule has 1 N–H and O–H groups in total. The molecule has 5 heteroatoms. The molecule has 2 fully saturated rings. The molecule has 3 atom stereocenters. The average Bonchev–Trinajstić information content (AvgIpc) is 3.24. The maximum absolute atomic E-state index is 11.7. The van der Waals surface area contributed by atoms with E-state index in [0.29, 0.717) is 12.0 Å². The van der Waals surface area contributed by atoms with Gasteiger partial charge in [-0.05, 0) is 42.9 Å². The van der Waals surface area contributed by atoms with Crippen LogP contribution in [0.5, 0.6) is 0 Å². The minimum Gasteiger partial charge on any atom is -0.480 e. The molecule has 2 heterocycles. The van der Waals surface area contributed by atoms with Gasteiger partial charge >= 0.3 is 5.97 Å². The van der Waals surface area contributed by atoms with Gasteiger partial charge in [0, 0.05) is 30.7 Å². The Morgan fingerprint density at radius 1 is 1.21 bits per heavy atom. The topological polar surface area (TPSA) is 58.4 Å². The maximum atomic E-state index is 11.7. The average molecular weight is 325 g/mol. The highest BCUT2D eigenvalue weighted by Gasteiger charge is 2.44. The minimum absolute atomic E-state index is 0.327. The van der Waals surface area contributed by atoms with Gasteiger partial charge in [-0.15, -0.1) is 0 Å². The largest absolute Gasteiger partial charge is 0.480 e. The number of carboxylic acids is 1. The van der Waals surface area contributed by atoms with Gasteiger partial charge in [0.2, 0.25) is 0 Å². The van der Waals surface area contributed by atoms with Crippen molar-refractivity contribution in [3.05, 3.63) is 48.5 Å². The molecule has 5 nitrogen and oxygen atoms in total. The third kappa shape index (κ3) is 2.84. The molecule has 1 aliphatic heterocycles. The number of benzene rings is 1. The second-order valence-electron chi connectivity index (χ2n) is 7.01. The number of rotatable bonds is 4. The zero-order valence-corrected chi connectivity index (χ0v) is 13.7. The maximum Gasteiger partial charge on any atom is 0.320 e. The van der Waals surface area contributed by atoms with Gasteiger partial charge in [-0.25, -0.2) is 4.98 Å². The number of aromatic nitrogens is 2. The van der Waals surface area contributed by atoms with Crippen LogP contribution in [0.4, 0.5) is 0 Å². The number of aliphatic carboxylic acids is 1. The summed E-state index contributed by atoms with van der Waals surface area (Å²) in [6, 6.07) is 8.46. The lowest BCUT2D eigenvalue weighted by molar-refractivity contribution is -0.142. The number of hydrogen-bond donors (Lipinski definition) is 1. The highest BCUT2D eigenvalue weighted by molar-refractivity contribution is 5.74. The van der Waals surface area contributed by atoms with Crippen LogP contribution in [0.1, 0.15) is 37.7 Å². The van der Waals surface area contributed by atoms with Crippen LogP contribution < -0.4 is 0 Å². The Morgan fingerprint density at radius 3 is 2.71 bits per heavy atom. The van der Waals surface area contributed by atoms with Crippen molar-refractivity contribution in [3.8, 4) is 5.69 Å². The van der Waals surface area contributed by atoms with E-state index in [2.05, 4.69) is 34.1 Å². The molecule has 1 saturated heterocycles. The van der Waals surface area contributed by atoms with Crippen molar-refractivity contribution in [2.45, 2.75) is 50.7 Å². The lowest BCUT2D eigenvalue weighted by atomic mass is 9.84. The summed E-state index contributed by atoms with van der Waals surface area (Å²) < 4.78 is 1.97. The van der Waals surface area contributed by atoms with Gasteiger partial charge in [0.25, 0.3) is 0 Å². The normalized spacial score (nSPS) is 27.1. The quantitative estimate of drug-likeness (QED) is 0.938. The Labute approximate surface area is 141 Å². The van der Waals surface area contributed by atoms with Gasteiger partial charge in [0.05, 0.1) is 6.33 Å². The van der Waals surface area contributed by atoms with Crippen LogP contribution in [0.3, 0.4) is 0 Å². The van der Waals surface area contributed by atoms with Gasteiger partial charge < -0.3 is 9.67 Å². The SMILES string of the molecule is O=C(O)[C@@H]1C[C@H]2CCCC[C@H]2N1Cc1ccc(-n2ccnc2)cc1. The first-order valence-corrected chi connectivity index (χ1v) is 8.78. The van der Waals surface area contributed by atoms with Gasteiger partial charge in [0.1, 0.15) is 6.04 Å². The molecule has 0 radical (unpaired) electrons. The van der Waals surface area contributed by atoms with Gasteiger partial charge in [0.15, 0.2) is 0 Å². The molecule has 1 aromatic heterocycles. The molecule has 1 aliphatic carbocycles. The fourth-order valence-electron chi connectivity index (χ4n) is 4.42. The molecule has 0 unspecified atom stereocenters. The molecule has 0 bridgehead atoms. The van der Waals surface area contributed by atoms with Crippen LogP contribution in [-0.2, 0) is 11.3 Å². The van der Waals surface area contributed by atoms with Crippen molar-refractivity contribution < 1.29 is 9.90 Å². The van der Waals surface area contributed by atoms with E-state index in [4.69, 9.17) is 0 Å². The highest BCUT2D eigenvalue weighted by atomic mass is 16.4. The van der Waals surface area contributed by atoms with Gasteiger partial charge in [-0.1, -0.05) is 25.0 Å². The standard InChI is InChI=1S/C19H23N3O2/c23-19(24)18-11-15-3-1-2-4-17(15)22(18)12-14-5-7-16(8-6-14)21-10-9-20-13-21/h5-10,13,15,17-18H,1-4,11-12H2,(H,23,24)/t15-,17-,18+/m1/s1. The summed E-state index contributed by atoms with van der Waals surface area (Å²) >= 11 is 0. The van der Waals surface area contributed by atoms with Crippen LogP contribution in [0.15, 0.2) is 43.0 Å². The van der Waals surface area contributed by atoms with Crippen LogP contribution in [0, 0.1) is 5.92 Å². The van der Waals surface area contributed by atoms with E-state index in [1.165, 1.54) is 24.8 Å². The number of carboxylic acid groups (broad SMARTS) is 1. The zero-order valence-electron chi connectivity index (χ0n) is 13.7. The Bertz CT molecular complexity index is 696. The van der Waals surface area contributed by atoms with E-state index in [-0.39, 0.29) is 6.04 Å². The number of hydrogen-bond acceptors (Lipinski definition) is 3. The zero-order chi connectivity index (χ0) is 16.5. The summed E-state index contributed by atoms with van der Waals surface area (Å²) in [7, 11) is 0. The second-order valence-corrected chi connectivity index (χ2v) is 7.01. The van der Waals surface area contributed by atoms with Gasteiger partial charge in [-0.3, -0.25) is 9.69 Å². The smallest absolute Gasteiger partial charge is 0.320 e. The molecule has 4 rings (SSSR count). The number of imidazole rings is 1. The summed E-state index contributed by atoms with van der Waals surface area (Å²) in [6.07, 6.45) is 11.1. The summed E-state index contributed by atoms with van der Waals surface area (Å²) in [5.74, 6) is -0.107. The Balaban J connectivity index is 1.53. The number of nitrogens with zero attached hydrogens (tertiary/aromatic N) is 3. The van der Waals surface area contributed by atoms with Crippen molar-refractivity contribution in [1.82, 2.24) is 14.5 Å². The van der Waals surface area contributed by atoms with Gasteiger partial charge in [-0.2, -0.15) is 0 Å². The fourth-order valence-corrected chi connectivity index (χ4v) is 4.42. The molecular weight excluding hydrogens is 302 g/mol. The minimum atomic E-state index is -0.667. The summed E-state index contributed by atoms with van der Waals surface area (Å²) in [4.78, 5) is 18.0. The van der Waals surface area contributed by atoms with Crippen molar-refractivity contribution in [2.75, 3.05) is 0 Å². The molecule has 1 aromatic carbocycles. The van der Waals surface area contributed by atoms with Crippen LogP contribution in [0.25, 0.3) is 5.69 Å². The molecule has 126 valence electrons. The van der Waals surface area contributed by atoms with Crippen LogP contribution in [-0.4, -0.2) is 37.6 Å². The molecule has 0 spiro atoms. The molecule has 1 saturated carbocycles. The lowest BCUT2D eigenvalue weighted by Gasteiger charge is -2.33. The number of fused-ring (bicyclic) bond motifs is 1. The van der Waals surface area contributed by atoms with E-state index in [1.54, 1.807) is 12.5 Å². The van der Waals surface area contributed by atoms with Crippen molar-refractivity contribution >= 4 is 5.97 Å². The van der Waals surface area contributed by atoms with E-state index in [9.17, 15) is 9.90 Å². The Morgan fingerprint density at radius 2 is 2.00 bits per heavy atom. The first-order valence-electron chi connectivity index (χ1n) is 8.78. The number of likely N-dealkylation sites (tertiary alicyclic amines) is 1. The first kappa shape index (κ1) is 15.4. The van der Waals surface area contributed by atoms with E-state index < -0.39 is 5.97 Å². The molecule has 24 heavy (non-hydrogen) atoms. The summed E-state index contributed by atoms with van der Waals surface area (Å²) in [5, 5.41) is 9.63. The molecule has 2 aliphatic rings.